The van der Waals surface area contributed by atoms with Crippen molar-refractivity contribution in [2.75, 3.05) is 39.3 Å². The van der Waals surface area contributed by atoms with Crippen molar-refractivity contribution in [2.45, 2.75) is 20.3 Å². The Morgan fingerprint density at radius 1 is 1.35 bits per heavy atom. The van der Waals surface area contributed by atoms with Crippen molar-refractivity contribution >= 4 is 6.03 Å². The van der Waals surface area contributed by atoms with Crippen LogP contribution in [0.3, 0.4) is 0 Å². The average Bonchev–Trinajstić information content (AvgIpc) is 2.51. The van der Waals surface area contributed by atoms with Crippen molar-refractivity contribution in [2.24, 2.45) is 5.92 Å². The van der Waals surface area contributed by atoms with E-state index < -0.39 is 0 Å². The molecular weight excluding hydrogens is 214 g/mol. The molecule has 4 nitrogen and oxygen atoms in total. The van der Waals surface area contributed by atoms with Gasteiger partial charge >= 0.3 is 6.03 Å². The molecule has 0 unspecified atom stereocenters. The molecule has 0 atom stereocenters. The third-order valence-electron chi connectivity index (χ3n) is 2.84. The fourth-order valence-electron chi connectivity index (χ4n) is 2.11. The highest BCUT2D eigenvalue weighted by molar-refractivity contribution is 5.74. The van der Waals surface area contributed by atoms with E-state index in [1.807, 2.05) is 4.90 Å². The Labute approximate surface area is 104 Å². The van der Waals surface area contributed by atoms with Gasteiger partial charge in [0.15, 0.2) is 0 Å². The zero-order chi connectivity index (χ0) is 12.7. The van der Waals surface area contributed by atoms with Crippen molar-refractivity contribution in [3.8, 4) is 12.3 Å². The Hall–Kier alpha value is -1.21. The zero-order valence-electron chi connectivity index (χ0n) is 10.9. The molecule has 1 rings (SSSR count). The molecule has 4 heteroatoms. The topological polar surface area (TPSA) is 35.6 Å². The Balaban J connectivity index is 2.37. The lowest BCUT2D eigenvalue weighted by Gasteiger charge is -2.23. The summed E-state index contributed by atoms with van der Waals surface area (Å²) in [5, 5.41) is 2.72. The highest BCUT2D eigenvalue weighted by atomic mass is 16.2. The maximum absolute atomic E-state index is 11.7. The standard InChI is InChI=1S/C13H23N3O/c1-4-6-14-13(17)16-8-5-7-15(9-10-16)11-12(2)3/h1,12H,5-11H2,2-3H3,(H,14,17). The molecule has 0 aromatic carbocycles. The average molecular weight is 237 g/mol. The van der Waals surface area contributed by atoms with Gasteiger partial charge in [0.1, 0.15) is 0 Å². The molecule has 0 aromatic rings. The highest BCUT2D eigenvalue weighted by Crippen LogP contribution is 2.06. The van der Waals surface area contributed by atoms with Crippen molar-refractivity contribution in [1.29, 1.82) is 0 Å². The first-order valence-electron chi connectivity index (χ1n) is 6.32. The van der Waals surface area contributed by atoms with Crippen molar-refractivity contribution in [3.05, 3.63) is 0 Å². The van der Waals surface area contributed by atoms with E-state index in [4.69, 9.17) is 6.42 Å². The third-order valence-corrected chi connectivity index (χ3v) is 2.84. The largest absolute Gasteiger partial charge is 0.327 e. The van der Waals surface area contributed by atoms with E-state index in [1.54, 1.807) is 0 Å². The summed E-state index contributed by atoms with van der Waals surface area (Å²) in [6.45, 7) is 9.53. The van der Waals surface area contributed by atoms with Crippen LogP contribution < -0.4 is 5.32 Å². The first-order valence-corrected chi connectivity index (χ1v) is 6.32. The van der Waals surface area contributed by atoms with Gasteiger partial charge in [-0.25, -0.2) is 4.79 Å². The summed E-state index contributed by atoms with van der Waals surface area (Å²) in [5.74, 6) is 3.10. The van der Waals surface area contributed by atoms with Crippen LogP contribution in [0.25, 0.3) is 0 Å². The second kappa shape index (κ2) is 7.18. The second-order valence-corrected chi connectivity index (χ2v) is 4.90. The van der Waals surface area contributed by atoms with Crippen LogP contribution in [0.2, 0.25) is 0 Å². The number of nitrogens with one attached hydrogen (secondary N) is 1. The number of rotatable bonds is 3. The number of terminal acetylenes is 1. The number of hydrogen-bond donors (Lipinski definition) is 1. The predicted molar refractivity (Wildman–Crippen MR) is 69.7 cm³/mol. The van der Waals surface area contributed by atoms with E-state index in [0.717, 1.165) is 39.1 Å². The van der Waals surface area contributed by atoms with Crippen LogP contribution in [0.4, 0.5) is 4.79 Å². The van der Waals surface area contributed by atoms with Gasteiger partial charge < -0.3 is 15.1 Å². The molecule has 0 aromatic heterocycles. The molecule has 0 spiro atoms. The molecule has 1 fully saturated rings. The molecule has 0 bridgehead atoms. The summed E-state index contributed by atoms with van der Waals surface area (Å²) in [6.07, 6.45) is 6.16. The highest BCUT2D eigenvalue weighted by Gasteiger charge is 2.18. The smallest absolute Gasteiger partial charge is 0.318 e. The van der Waals surface area contributed by atoms with Crippen molar-refractivity contribution in [1.82, 2.24) is 15.1 Å². The first kappa shape index (κ1) is 13.9. The molecule has 0 radical (unpaired) electrons. The van der Waals surface area contributed by atoms with Crippen molar-refractivity contribution < 1.29 is 4.79 Å². The lowest BCUT2D eigenvalue weighted by molar-refractivity contribution is 0.198. The van der Waals surface area contributed by atoms with Gasteiger partial charge in [-0.15, -0.1) is 6.42 Å². The van der Waals surface area contributed by atoms with E-state index in [2.05, 4.69) is 30.0 Å². The summed E-state index contributed by atoms with van der Waals surface area (Å²) in [7, 11) is 0. The molecule has 1 aliphatic rings. The normalized spacial score (nSPS) is 17.6. The number of carbonyl (C=O) groups excluding carboxylic acids is 1. The van der Waals surface area contributed by atoms with Gasteiger partial charge in [0.2, 0.25) is 0 Å². The van der Waals surface area contributed by atoms with Gasteiger partial charge in [-0.3, -0.25) is 0 Å². The van der Waals surface area contributed by atoms with E-state index in [0.29, 0.717) is 12.5 Å². The molecule has 1 saturated heterocycles. The van der Waals surface area contributed by atoms with Gasteiger partial charge in [0.05, 0.1) is 6.54 Å². The van der Waals surface area contributed by atoms with E-state index in [1.165, 1.54) is 0 Å². The minimum Gasteiger partial charge on any atom is -0.327 e. The van der Waals surface area contributed by atoms with Crippen LogP contribution in [0.15, 0.2) is 0 Å². The summed E-state index contributed by atoms with van der Waals surface area (Å²) < 4.78 is 0. The number of urea groups is 1. The number of amides is 2. The summed E-state index contributed by atoms with van der Waals surface area (Å²) in [4.78, 5) is 16.0. The summed E-state index contributed by atoms with van der Waals surface area (Å²) in [6, 6.07) is -0.0330. The van der Waals surface area contributed by atoms with Crippen LogP contribution in [0, 0.1) is 18.3 Å². The van der Waals surface area contributed by atoms with Gasteiger partial charge in [0, 0.05) is 26.2 Å². The number of hydrogen-bond acceptors (Lipinski definition) is 2. The minimum atomic E-state index is -0.0330. The zero-order valence-corrected chi connectivity index (χ0v) is 10.9. The molecule has 1 heterocycles. The molecule has 0 saturated carbocycles. The Kier molecular flexibility index (Phi) is 5.85. The molecular formula is C13H23N3O. The van der Waals surface area contributed by atoms with Crippen LogP contribution in [0.5, 0.6) is 0 Å². The lowest BCUT2D eigenvalue weighted by Crippen LogP contribution is -2.42. The Morgan fingerprint density at radius 2 is 2.12 bits per heavy atom. The Morgan fingerprint density at radius 3 is 2.76 bits per heavy atom. The molecule has 96 valence electrons. The summed E-state index contributed by atoms with van der Waals surface area (Å²) >= 11 is 0. The fraction of sp³-hybridized carbons (Fsp3) is 0.769. The molecule has 0 aliphatic carbocycles. The molecule has 1 aliphatic heterocycles. The lowest BCUT2D eigenvalue weighted by atomic mass is 10.2. The van der Waals surface area contributed by atoms with E-state index in [-0.39, 0.29) is 6.03 Å². The van der Waals surface area contributed by atoms with Crippen LogP contribution >= 0.6 is 0 Å². The van der Waals surface area contributed by atoms with Crippen LogP contribution in [-0.4, -0.2) is 55.1 Å². The van der Waals surface area contributed by atoms with Gasteiger partial charge in [-0.2, -0.15) is 0 Å². The van der Waals surface area contributed by atoms with Gasteiger partial charge in [-0.05, 0) is 18.9 Å². The SMILES string of the molecule is C#CCNC(=O)N1CCCN(CC(C)C)CC1. The van der Waals surface area contributed by atoms with E-state index >= 15 is 0 Å². The molecule has 1 N–H and O–H groups in total. The maximum atomic E-state index is 11.7. The van der Waals surface area contributed by atoms with Crippen LogP contribution in [-0.2, 0) is 0 Å². The van der Waals surface area contributed by atoms with Crippen molar-refractivity contribution in [3.63, 3.8) is 0 Å². The van der Waals surface area contributed by atoms with Crippen LogP contribution in [0.1, 0.15) is 20.3 Å². The summed E-state index contributed by atoms with van der Waals surface area (Å²) in [5.41, 5.74) is 0. The first-order chi connectivity index (χ1) is 8.13. The van der Waals surface area contributed by atoms with E-state index in [9.17, 15) is 4.79 Å². The third kappa shape index (κ3) is 5.10. The van der Waals surface area contributed by atoms with Gasteiger partial charge in [0.25, 0.3) is 0 Å². The number of nitrogens with zero attached hydrogens (tertiary/aromatic N) is 2. The monoisotopic (exact) mass is 237 g/mol. The fourth-order valence-corrected chi connectivity index (χ4v) is 2.11. The molecule has 17 heavy (non-hydrogen) atoms. The maximum Gasteiger partial charge on any atom is 0.318 e. The van der Waals surface area contributed by atoms with Gasteiger partial charge in [-0.1, -0.05) is 19.8 Å². The molecule has 2 amide bonds. The minimum absolute atomic E-state index is 0.0330. The number of carbonyl (C=O) groups is 1. The quantitative estimate of drug-likeness (QED) is 0.743. The Bertz CT molecular complexity index is 283. The second-order valence-electron chi connectivity index (χ2n) is 4.90. The predicted octanol–water partition coefficient (Wildman–Crippen LogP) is 0.993.